The number of likely N-dealkylation sites (N-methyl/N-ethyl adjacent to an activating group) is 1. The van der Waals surface area contributed by atoms with E-state index in [4.69, 9.17) is 4.74 Å². The molecule has 2 aromatic carbocycles. The molecule has 0 saturated carbocycles. The zero-order valence-corrected chi connectivity index (χ0v) is 19.7. The summed E-state index contributed by atoms with van der Waals surface area (Å²) in [4.78, 5) is 34.7. The van der Waals surface area contributed by atoms with Gasteiger partial charge in [-0.05, 0) is 36.9 Å². The van der Waals surface area contributed by atoms with Gasteiger partial charge in [0, 0.05) is 56.9 Å². The largest absolute Gasteiger partial charge is 0.369 e. The van der Waals surface area contributed by atoms with Crippen LogP contribution in [-0.4, -0.2) is 67.5 Å². The second-order valence-corrected chi connectivity index (χ2v) is 8.61. The number of ether oxygens (including phenoxy) is 1. The lowest BCUT2D eigenvalue weighted by molar-refractivity contribution is 0.0514. The predicted octanol–water partition coefficient (Wildman–Crippen LogP) is 3.95. The standard InChI is InChI=1S/C26H26N6O3/c1-30-12-14-31(15-13-30)20-10-8-19(9-11-20)25(33)27-24-21-16-32(17-22(21)28-29-24)26(34)23(35-2)18-6-4-3-5-7-18/h3-11,16-17,23H,12-15H2,1-2H3/t23-/m1/s1. The van der Waals surface area contributed by atoms with Crippen LogP contribution in [0.4, 0.5) is 11.4 Å². The van der Waals surface area contributed by atoms with E-state index in [1.165, 1.54) is 11.7 Å². The first-order chi connectivity index (χ1) is 17.0. The zero-order chi connectivity index (χ0) is 24.4. The number of azo groups is 1. The van der Waals surface area contributed by atoms with Gasteiger partial charge in [-0.15, -0.1) is 10.2 Å². The number of aliphatic imine (C=N–C) groups is 1. The van der Waals surface area contributed by atoms with Crippen molar-refractivity contribution in [3.63, 3.8) is 0 Å². The monoisotopic (exact) mass is 470 g/mol. The minimum atomic E-state index is -0.762. The van der Waals surface area contributed by atoms with E-state index < -0.39 is 12.0 Å². The maximum absolute atomic E-state index is 13.1. The number of carbonyl (C=O) groups is 2. The average molecular weight is 471 g/mol. The molecule has 178 valence electrons. The molecule has 1 amide bonds. The van der Waals surface area contributed by atoms with Crippen molar-refractivity contribution >= 4 is 29.0 Å². The number of nitrogens with zero attached hydrogens (tertiary/aromatic N) is 6. The van der Waals surface area contributed by atoms with E-state index in [2.05, 4.69) is 32.1 Å². The van der Waals surface area contributed by atoms with E-state index in [1.54, 1.807) is 24.5 Å². The van der Waals surface area contributed by atoms with E-state index in [9.17, 15) is 9.59 Å². The zero-order valence-electron chi connectivity index (χ0n) is 19.7. The topological polar surface area (TPSA) is 91.9 Å². The fourth-order valence-corrected chi connectivity index (χ4v) is 4.24. The van der Waals surface area contributed by atoms with Gasteiger partial charge in [-0.3, -0.25) is 14.2 Å². The molecular formula is C26H26N6O3. The highest BCUT2D eigenvalue weighted by molar-refractivity contribution is 6.13. The number of methoxy groups -OCH3 is 1. The van der Waals surface area contributed by atoms with Crippen molar-refractivity contribution in [2.24, 2.45) is 15.2 Å². The summed E-state index contributed by atoms with van der Waals surface area (Å²) < 4.78 is 6.86. The molecule has 1 fully saturated rings. The van der Waals surface area contributed by atoms with Crippen molar-refractivity contribution in [3.8, 4) is 0 Å². The minimum Gasteiger partial charge on any atom is -0.369 e. The Morgan fingerprint density at radius 3 is 2.34 bits per heavy atom. The first-order valence-electron chi connectivity index (χ1n) is 11.5. The third-order valence-corrected chi connectivity index (χ3v) is 6.31. The van der Waals surface area contributed by atoms with Crippen molar-refractivity contribution in [1.29, 1.82) is 0 Å². The van der Waals surface area contributed by atoms with E-state index in [-0.39, 0.29) is 11.7 Å². The Hall–Kier alpha value is -3.95. The van der Waals surface area contributed by atoms with E-state index in [0.29, 0.717) is 16.8 Å². The van der Waals surface area contributed by atoms with Crippen LogP contribution in [0.1, 0.15) is 32.4 Å². The maximum Gasteiger partial charge on any atom is 0.279 e. The second-order valence-electron chi connectivity index (χ2n) is 8.61. The molecule has 0 aliphatic carbocycles. The van der Waals surface area contributed by atoms with Crippen LogP contribution in [0.2, 0.25) is 0 Å². The van der Waals surface area contributed by atoms with Gasteiger partial charge in [-0.25, -0.2) is 0 Å². The molecule has 1 saturated heterocycles. The molecule has 0 spiro atoms. The second kappa shape index (κ2) is 9.73. The van der Waals surface area contributed by atoms with Crippen molar-refractivity contribution < 1.29 is 14.3 Å². The van der Waals surface area contributed by atoms with Crippen LogP contribution in [0.5, 0.6) is 0 Å². The molecule has 35 heavy (non-hydrogen) atoms. The predicted molar refractivity (Wildman–Crippen MR) is 133 cm³/mol. The Kier molecular flexibility index (Phi) is 6.35. The molecule has 0 N–H and O–H groups in total. The molecule has 2 aliphatic rings. The lowest BCUT2D eigenvalue weighted by Gasteiger charge is -2.34. The van der Waals surface area contributed by atoms with Crippen molar-refractivity contribution in [1.82, 2.24) is 9.47 Å². The van der Waals surface area contributed by atoms with Gasteiger partial charge in [0.25, 0.3) is 11.8 Å². The molecule has 1 atom stereocenters. The van der Waals surface area contributed by atoms with Gasteiger partial charge in [0.15, 0.2) is 11.9 Å². The molecule has 9 heteroatoms. The normalized spacial score (nSPS) is 17.5. The number of amidine groups is 1. The van der Waals surface area contributed by atoms with Crippen LogP contribution in [0, 0.1) is 0 Å². The molecule has 3 heterocycles. The highest BCUT2D eigenvalue weighted by Crippen LogP contribution is 2.30. The summed E-state index contributed by atoms with van der Waals surface area (Å²) >= 11 is 0. The summed E-state index contributed by atoms with van der Waals surface area (Å²) in [6.45, 7) is 3.94. The van der Waals surface area contributed by atoms with E-state index in [0.717, 1.165) is 37.4 Å². The maximum atomic E-state index is 13.1. The summed E-state index contributed by atoms with van der Waals surface area (Å²) in [6.07, 6.45) is 2.41. The quantitative estimate of drug-likeness (QED) is 0.563. The Labute approximate surface area is 203 Å². The molecule has 9 nitrogen and oxygen atoms in total. The van der Waals surface area contributed by atoms with Crippen LogP contribution in [0.3, 0.4) is 0 Å². The van der Waals surface area contributed by atoms with Crippen molar-refractivity contribution in [2.45, 2.75) is 6.10 Å². The average Bonchev–Trinajstić information content (AvgIpc) is 3.48. The summed E-state index contributed by atoms with van der Waals surface area (Å²) in [7, 11) is 3.61. The fraction of sp³-hybridized carbons (Fsp3) is 0.269. The number of piperazine rings is 1. The van der Waals surface area contributed by atoms with E-state index >= 15 is 0 Å². The third kappa shape index (κ3) is 4.68. The minimum absolute atomic E-state index is 0.188. The number of benzene rings is 2. The van der Waals surface area contributed by atoms with Gasteiger partial charge in [0.05, 0.1) is 5.56 Å². The van der Waals surface area contributed by atoms with Crippen LogP contribution < -0.4 is 4.90 Å². The Bertz CT molecular complexity index is 1290. The molecule has 3 aromatic rings. The number of rotatable bonds is 5. The molecular weight excluding hydrogens is 444 g/mol. The Morgan fingerprint density at radius 2 is 1.66 bits per heavy atom. The van der Waals surface area contributed by atoms with Gasteiger partial charge in [-0.1, -0.05) is 30.3 Å². The highest BCUT2D eigenvalue weighted by atomic mass is 16.5. The van der Waals surface area contributed by atoms with Gasteiger partial charge in [-0.2, -0.15) is 4.99 Å². The summed E-state index contributed by atoms with van der Waals surface area (Å²) in [5.41, 5.74) is 3.33. The lowest BCUT2D eigenvalue weighted by atomic mass is 10.1. The number of hydrogen-bond acceptors (Lipinski definition) is 6. The SMILES string of the molecule is CO[C@@H](C(=O)n1cc2c(c1)C(=NC(=O)c1ccc(N3CCN(C)CC3)cc1)N=N2)c1ccccc1. The summed E-state index contributed by atoms with van der Waals surface area (Å²) in [5.74, 6) is -0.489. The van der Waals surface area contributed by atoms with Crippen LogP contribution in [0.25, 0.3) is 0 Å². The van der Waals surface area contributed by atoms with Gasteiger partial charge in [0.1, 0.15) is 5.69 Å². The number of aromatic nitrogens is 1. The third-order valence-electron chi connectivity index (χ3n) is 6.31. The lowest BCUT2D eigenvalue weighted by Crippen LogP contribution is -2.44. The molecule has 1 aromatic heterocycles. The fourth-order valence-electron chi connectivity index (χ4n) is 4.24. The van der Waals surface area contributed by atoms with Gasteiger partial charge < -0.3 is 14.5 Å². The number of fused-ring (bicyclic) bond motifs is 1. The van der Waals surface area contributed by atoms with Crippen molar-refractivity contribution in [3.05, 3.63) is 83.7 Å². The first kappa shape index (κ1) is 22.8. The first-order valence-corrected chi connectivity index (χ1v) is 11.5. The van der Waals surface area contributed by atoms with Crippen LogP contribution in [-0.2, 0) is 4.74 Å². The Morgan fingerprint density at radius 1 is 0.943 bits per heavy atom. The number of carbonyl (C=O) groups excluding carboxylic acids is 2. The number of hydrogen-bond donors (Lipinski definition) is 0. The molecule has 2 aliphatic heterocycles. The van der Waals surface area contributed by atoms with Gasteiger partial charge >= 0.3 is 0 Å². The number of amides is 1. The summed E-state index contributed by atoms with van der Waals surface area (Å²) in [5, 5.41) is 8.12. The molecule has 0 unspecified atom stereocenters. The smallest absolute Gasteiger partial charge is 0.279 e. The van der Waals surface area contributed by atoms with Crippen molar-refractivity contribution in [2.75, 3.05) is 45.2 Å². The Balaban J connectivity index is 1.32. The van der Waals surface area contributed by atoms with Crippen LogP contribution >= 0.6 is 0 Å². The highest BCUT2D eigenvalue weighted by Gasteiger charge is 2.26. The van der Waals surface area contributed by atoms with Crippen LogP contribution in [0.15, 0.2) is 82.2 Å². The van der Waals surface area contributed by atoms with E-state index in [1.807, 2.05) is 42.5 Å². The number of anilines is 1. The van der Waals surface area contributed by atoms with Gasteiger partial charge in [0.2, 0.25) is 0 Å². The molecule has 5 rings (SSSR count). The summed E-state index contributed by atoms with van der Waals surface area (Å²) in [6, 6.07) is 16.7. The molecule has 0 radical (unpaired) electrons. The molecule has 0 bridgehead atoms.